The van der Waals surface area contributed by atoms with E-state index in [4.69, 9.17) is 9.47 Å². The minimum absolute atomic E-state index is 0.0644. The van der Waals surface area contributed by atoms with Gasteiger partial charge >= 0.3 is 0 Å². The molecule has 1 amide bonds. The normalized spacial score (nSPS) is 16.7. The van der Waals surface area contributed by atoms with Crippen LogP contribution in [0.25, 0.3) is 11.4 Å². The Bertz CT molecular complexity index is 802. The number of carbonyl (C=O) groups is 1. The molecule has 0 atom stereocenters. The Kier molecular flexibility index (Phi) is 5.01. The number of fused-ring (bicyclic) bond motifs is 1. The molecule has 1 aromatic heterocycles. The lowest BCUT2D eigenvalue weighted by molar-refractivity contribution is -0.119. The Morgan fingerprint density at radius 1 is 1.23 bits per heavy atom. The number of rotatable bonds is 5. The Hall–Kier alpha value is -2.22. The minimum Gasteiger partial charge on any atom is -0.454 e. The van der Waals surface area contributed by atoms with Crippen molar-refractivity contribution < 1.29 is 14.3 Å². The van der Waals surface area contributed by atoms with E-state index < -0.39 is 0 Å². The first-order chi connectivity index (χ1) is 12.7. The highest BCUT2D eigenvalue weighted by molar-refractivity contribution is 7.99. The second-order valence-electron chi connectivity index (χ2n) is 6.62. The number of amides is 1. The van der Waals surface area contributed by atoms with Crippen molar-refractivity contribution in [3.8, 4) is 22.9 Å². The molecule has 1 fully saturated rings. The molecule has 1 aliphatic carbocycles. The number of nitrogens with zero attached hydrogens (tertiary/aromatic N) is 3. The van der Waals surface area contributed by atoms with E-state index in [-0.39, 0.29) is 12.7 Å². The maximum absolute atomic E-state index is 12.2. The topological polar surface area (TPSA) is 78.3 Å². The van der Waals surface area contributed by atoms with Crippen molar-refractivity contribution in [3.63, 3.8) is 0 Å². The van der Waals surface area contributed by atoms with Crippen molar-refractivity contribution in [1.29, 1.82) is 0 Å². The summed E-state index contributed by atoms with van der Waals surface area (Å²) in [5.41, 5.74) is 0.905. The zero-order valence-corrected chi connectivity index (χ0v) is 15.6. The third-order valence-corrected chi connectivity index (χ3v) is 5.79. The summed E-state index contributed by atoms with van der Waals surface area (Å²) in [5, 5.41) is 12.3. The first-order valence-corrected chi connectivity index (χ1v) is 9.91. The monoisotopic (exact) mass is 374 g/mol. The number of hydrogen-bond acceptors (Lipinski definition) is 6. The molecule has 1 N–H and O–H groups in total. The van der Waals surface area contributed by atoms with Crippen LogP contribution in [-0.2, 0) is 11.8 Å². The fourth-order valence-electron chi connectivity index (χ4n) is 3.37. The summed E-state index contributed by atoms with van der Waals surface area (Å²) in [5.74, 6) is 2.60. The molecule has 26 heavy (non-hydrogen) atoms. The van der Waals surface area contributed by atoms with Gasteiger partial charge in [-0.1, -0.05) is 31.0 Å². The van der Waals surface area contributed by atoms with Gasteiger partial charge in [-0.05, 0) is 31.0 Å². The van der Waals surface area contributed by atoms with Crippen LogP contribution in [0.5, 0.6) is 11.5 Å². The van der Waals surface area contributed by atoms with E-state index in [2.05, 4.69) is 15.5 Å². The van der Waals surface area contributed by atoms with Crippen molar-refractivity contribution >= 4 is 17.7 Å². The average Bonchev–Trinajstić information content (AvgIpc) is 3.26. The third-order valence-electron chi connectivity index (χ3n) is 4.77. The number of benzene rings is 1. The molecular formula is C18H22N4O3S. The number of nitrogens with one attached hydrogen (secondary N) is 1. The molecule has 2 aromatic rings. The largest absolute Gasteiger partial charge is 0.454 e. The first-order valence-electron chi connectivity index (χ1n) is 8.92. The Labute approximate surface area is 156 Å². The van der Waals surface area contributed by atoms with Crippen LogP contribution in [0.15, 0.2) is 23.4 Å². The predicted octanol–water partition coefficient (Wildman–Crippen LogP) is 2.75. The van der Waals surface area contributed by atoms with Gasteiger partial charge in [-0.25, -0.2) is 0 Å². The van der Waals surface area contributed by atoms with E-state index in [1.807, 2.05) is 29.8 Å². The average molecular weight is 374 g/mol. The second kappa shape index (κ2) is 7.57. The van der Waals surface area contributed by atoms with E-state index in [9.17, 15) is 4.79 Å². The molecule has 0 spiro atoms. The lowest BCUT2D eigenvalue weighted by Gasteiger charge is -2.22. The van der Waals surface area contributed by atoms with Gasteiger partial charge in [0.2, 0.25) is 12.7 Å². The van der Waals surface area contributed by atoms with Crippen molar-refractivity contribution in [2.75, 3.05) is 12.5 Å². The van der Waals surface area contributed by atoms with Crippen LogP contribution in [0.2, 0.25) is 0 Å². The molecular weight excluding hydrogens is 352 g/mol. The van der Waals surface area contributed by atoms with Gasteiger partial charge in [-0.15, -0.1) is 10.2 Å². The van der Waals surface area contributed by atoms with E-state index in [1.54, 1.807) is 0 Å². The summed E-state index contributed by atoms with van der Waals surface area (Å²) >= 11 is 1.41. The number of thioether (sulfide) groups is 1. The SMILES string of the molecule is Cn1c(SCC(=O)NC2CCCCC2)nnc1-c1ccc2c(c1)OCO2. The fourth-order valence-corrected chi connectivity index (χ4v) is 4.10. The zero-order valence-electron chi connectivity index (χ0n) is 14.7. The molecule has 0 bridgehead atoms. The van der Waals surface area contributed by atoms with Crippen molar-refractivity contribution in [2.45, 2.75) is 43.3 Å². The summed E-state index contributed by atoms with van der Waals surface area (Å²) in [6.07, 6.45) is 5.88. The minimum atomic E-state index is 0.0644. The van der Waals surface area contributed by atoms with Crippen molar-refractivity contribution in [3.05, 3.63) is 18.2 Å². The van der Waals surface area contributed by atoms with Crippen LogP contribution < -0.4 is 14.8 Å². The summed E-state index contributed by atoms with van der Waals surface area (Å²) in [7, 11) is 1.90. The van der Waals surface area contributed by atoms with E-state index >= 15 is 0 Å². The maximum atomic E-state index is 12.2. The maximum Gasteiger partial charge on any atom is 0.231 e. The fraction of sp³-hybridized carbons (Fsp3) is 0.500. The molecule has 4 rings (SSSR count). The molecule has 0 saturated heterocycles. The van der Waals surface area contributed by atoms with Gasteiger partial charge in [0.05, 0.1) is 5.75 Å². The summed E-state index contributed by atoms with van der Waals surface area (Å²) in [6.45, 7) is 0.245. The highest BCUT2D eigenvalue weighted by Crippen LogP contribution is 2.35. The Balaban J connectivity index is 1.38. The van der Waals surface area contributed by atoms with Crippen LogP contribution in [0, 0.1) is 0 Å². The number of ether oxygens (including phenoxy) is 2. The van der Waals surface area contributed by atoms with Crippen LogP contribution in [-0.4, -0.2) is 39.3 Å². The summed E-state index contributed by atoms with van der Waals surface area (Å²) in [6, 6.07) is 6.04. The van der Waals surface area contributed by atoms with Crippen LogP contribution in [0.4, 0.5) is 0 Å². The molecule has 2 heterocycles. The molecule has 0 unspecified atom stereocenters. The molecule has 7 nitrogen and oxygen atoms in total. The van der Waals surface area contributed by atoms with Crippen molar-refractivity contribution in [2.24, 2.45) is 7.05 Å². The van der Waals surface area contributed by atoms with Crippen molar-refractivity contribution in [1.82, 2.24) is 20.1 Å². The quantitative estimate of drug-likeness (QED) is 0.811. The van der Waals surface area contributed by atoms with Crippen LogP contribution >= 0.6 is 11.8 Å². The van der Waals surface area contributed by atoms with Crippen LogP contribution in [0.3, 0.4) is 0 Å². The lowest BCUT2D eigenvalue weighted by atomic mass is 9.95. The Morgan fingerprint density at radius 2 is 2.04 bits per heavy atom. The van der Waals surface area contributed by atoms with Gasteiger partial charge in [-0.3, -0.25) is 4.79 Å². The molecule has 1 saturated carbocycles. The lowest BCUT2D eigenvalue weighted by Crippen LogP contribution is -2.37. The van der Waals surface area contributed by atoms with Gasteiger partial charge in [0, 0.05) is 18.7 Å². The number of aromatic nitrogens is 3. The second-order valence-corrected chi connectivity index (χ2v) is 7.57. The van der Waals surface area contributed by atoms with Gasteiger partial charge in [0.25, 0.3) is 0 Å². The highest BCUT2D eigenvalue weighted by Gasteiger charge is 2.19. The van der Waals surface area contributed by atoms with E-state index in [0.717, 1.165) is 35.1 Å². The first kappa shape index (κ1) is 17.2. The highest BCUT2D eigenvalue weighted by atomic mass is 32.2. The predicted molar refractivity (Wildman–Crippen MR) is 98.3 cm³/mol. The Morgan fingerprint density at radius 3 is 2.88 bits per heavy atom. The molecule has 8 heteroatoms. The van der Waals surface area contributed by atoms with Gasteiger partial charge in [-0.2, -0.15) is 0 Å². The molecule has 138 valence electrons. The standard InChI is InChI=1S/C18H22N4O3S/c1-22-17(12-7-8-14-15(9-12)25-11-24-14)20-21-18(22)26-10-16(23)19-13-5-3-2-4-6-13/h7-9,13H,2-6,10-11H2,1H3,(H,19,23). The van der Waals surface area contributed by atoms with E-state index in [0.29, 0.717) is 17.5 Å². The summed E-state index contributed by atoms with van der Waals surface area (Å²) in [4.78, 5) is 12.2. The number of carbonyl (C=O) groups excluding carboxylic acids is 1. The van der Waals surface area contributed by atoms with E-state index in [1.165, 1.54) is 31.0 Å². The number of hydrogen-bond donors (Lipinski definition) is 1. The zero-order chi connectivity index (χ0) is 17.9. The smallest absolute Gasteiger partial charge is 0.231 e. The van der Waals surface area contributed by atoms with Gasteiger partial charge < -0.3 is 19.4 Å². The molecule has 1 aliphatic heterocycles. The summed E-state index contributed by atoms with van der Waals surface area (Å²) < 4.78 is 12.7. The van der Waals surface area contributed by atoms with Gasteiger partial charge in [0.1, 0.15) is 0 Å². The molecule has 1 aromatic carbocycles. The molecule has 2 aliphatic rings. The van der Waals surface area contributed by atoms with Gasteiger partial charge in [0.15, 0.2) is 22.5 Å². The third kappa shape index (κ3) is 3.65. The van der Waals surface area contributed by atoms with Crippen LogP contribution in [0.1, 0.15) is 32.1 Å². The molecule has 0 radical (unpaired) electrons.